The summed E-state index contributed by atoms with van der Waals surface area (Å²) in [4.78, 5) is 0. The summed E-state index contributed by atoms with van der Waals surface area (Å²) in [5.74, 6) is -1.99. The van der Waals surface area contributed by atoms with Crippen LogP contribution in [0.25, 0.3) is 0 Å². The van der Waals surface area contributed by atoms with E-state index in [0.717, 1.165) is 30.0 Å². The molecular weight excluding hydrogens is 349 g/mol. The summed E-state index contributed by atoms with van der Waals surface area (Å²) in [7, 11) is 0.165. The van der Waals surface area contributed by atoms with Gasteiger partial charge in [0.15, 0.2) is 17.5 Å². The lowest BCUT2D eigenvalue weighted by molar-refractivity contribution is 0.0721. The Morgan fingerprint density at radius 2 is 1.54 bits per heavy atom. The van der Waals surface area contributed by atoms with Crippen molar-refractivity contribution in [2.24, 2.45) is 17.3 Å². The number of halogens is 3. The van der Waals surface area contributed by atoms with Crippen LogP contribution in [-0.2, 0) is 6.42 Å². The molecule has 26 heavy (non-hydrogen) atoms. The van der Waals surface area contributed by atoms with Crippen LogP contribution in [0.2, 0.25) is 12.1 Å². The molecule has 1 aromatic rings. The molecule has 0 atom stereocenters. The van der Waals surface area contributed by atoms with Crippen molar-refractivity contribution < 1.29 is 13.2 Å². The van der Waals surface area contributed by atoms with E-state index in [1.165, 1.54) is 51.4 Å². The molecule has 2 aliphatic rings. The molecular formula is C22H33F3Si. The molecule has 2 saturated carbocycles. The highest BCUT2D eigenvalue weighted by atomic mass is 28.2. The first-order valence-electron chi connectivity index (χ1n) is 10.5. The molecule has 3 rings (SSSR count). The van der Waals surface area contributed by atoms with E-state index >= 15 is 0 Å². The fraction of sp³-hybridized carbons (Fsp3) is 0.727. The molecule has 0 nitrogen and oxygen atoms in total. The Kier molecular flexibility index (Phi) is 6.53. The van der Waals surface area contributed by atoms with Gasteiger partial charge in [-0.05, 0) is 73.5 Å². The smallest absolute Gasteiger partial charge is 0.194 e. The average Bonchev–Trinajstić information content (AvgIpc) is 2.65. The summed E-state index contributed by atoms with van der Waals surface area (Å²) in [5.41, 5.74) is 2.21. The molecule has 0 amide bonds. The lowest BCUT2D eigenvalue weighted by Gasteiger charge is -2.46. The first-order chi connectivity index (χ1) is 12.4. The quantitative estimate of drug-likeness (QED) is 0.407. The number of hydrogen-bond donors (Lipinski definition) is 0. The number of benzene rings is 1. The van der Waals surface area contributed by atoms with Gasteiger partial charge < -0.3 is 0 Å². The maximum absolute atomic E-state index is 13.3. The van der Waals surface area contributed by atoms with Gasteiger partial charge in [-0.15, -0.1) is 0 Å². The Balaban J connectivity index is 1.47. The second kappa shape index (κ2) is 8.49. The Bertz CT molecular complexity index is 576. The van der Waals surface area contributed by atoms with Crippen molar-refractivity contribution in [1.29, 1.82) is 0 Å². The molecule has 0 spiro atoms. The van der Waals surface area contributed by atoms with Crippen molar-refractivity contribution in [3.05, 3.63) is 35.1 Å². The Hall–Kier alpha value is -0.773. The maximum Gasteiger partial charge on any atom is 0.194 e. The standard InChI is InChI=1S/C22H33F3Si/c1-22(11-9-18(26-2)10-12-22)17-7-5-15(6-8-17)3-4-16-13-19(23)21(25)20(24)14-16/h13-15,17-18H,3-12,26H2,1-2H3. The van der Waals surface area contributed by atoms with Crippen molar-refractivity contribution in [1.82, 2.24) is 0 Å². The summed E-state index contributed by atoms with van der Waals surface area (Å²) in [6, 6.07) is 2.31. The van der Waals surface area contributed by atoms with Gasteiger partial charge in [-0.1, -0.05) is 44.7 Å². The molecule has 0 unspecified atom stereocenters. The SMILES string of the molecule is C[SiH2]C1CCC(C)(C2CCC(CCc3cc(F)c(F)c(F)c3)CC2)CC1. The van der Waals surface area contributed by atoms with Crippen molar-refractivity contribution in [2.75, 3.05) is 0 Å². The summed E-state index contributed by atoms with van der Waals surface area (Å²) in [6.07, 6.45) is 12.4. The van der Waals surface area contributed by atoms with E-state index in [2.05, 4.69) is 13.5 Å². The lowest BCUT2D eigenvalue weighted by Crippen LogP contribution is -2.34. The number of aryl methyl sites for hydroxylation is 1. The molecule has 0 aromatic heterocycles. The van der Waals surface area contributed by atoms with Gasteiger partial charge in [0.1, 0.15) is 0 Å². The van der Waals surface area contributed by atoms with Gasteiger partial charge >= 0.3 is 0 Å². The zero-order chi connectivity index (χ0) is 18.7. The zero-order valence-electron chi connectivity index (χ0n) is 16.3. The third-order valence-corrected chi connectivity index (χ3v) is 9.51. The minimum Gasteiger partial charge on any atom is -0.204 e. The van der Waals surface area contributed by atoms with Crippen LogP contribution in [0.5, 0.6) is 0 Å². The molecule has 146 valence electrons. The van der Waals surface area contributed by atoms with Crippen LogP contribution >= 0.6 is 0 Å². The molecule has 1 aromatic carbocycles. The largest absolute Gasteiger partial charge is 0.204 e. The van der Waals surface area contributed by atoms with Gasteiger partial charge in [-0.2, -0.15) is 0 Å². The third kappa shape index (κ3) is 4.55. The maximum atomic E-state index is 13.3. The van der Waals surface area contributed by atoms with Crippen molar-refractivity contribution in [3.63, 3.8) is 0 Å². The molecule has 0 heterocycles. The van der Waals surface area contributed by atoms with Crippen molar-refractivity contribution in [2.45, 2.75) is 83.2 Å². The first kappa shape index (κ1) is 20.0. The van der Waals surface area contributed by atoms with Crippen molar-refractivity contribution >= 4 is 9.52 Å². The van der Waals surface area contributed by atoms with Crippen LogP contribution in [0.15, 0.2) is 12.1 Å². The van der Waals surface area contributed by atoms with E-state index in [9.17, 15) is 13.2 Å². The molecule has 0 bridgehead atoms. The van der Waals surface area contributed by atoms with Crippen LogP contribution in [0.3, 0.4) is 0 Å². The van der Waals surface area contributed by atoms with E-state index < -0.39 is 17.5 Å². The van der Waals surface area contributed by atoms with Crippen LogP contribution in [0.4, 0.5) is 13.2 Å². The highest BCUT2D eigenvalue weighted by Gasteiger charge is 2.39. The lowest BCUT2D eigenvalue weighted by atomic mass is 9.61. The molecule has 0 radical (unpaired) electrons. The van der Waals surface area contributed by atoms with E-state index in [4.69, 9.17) is 0 Å². The van der Waals surface area contributed by atoms with E-state index in [1.807, 2.05) is 0 Å². The third-order valence-electron chi connectivity index (χ3n) is 7.54. The summed E-state index contributed by atoms with van der Waals surface area (Å²) < 4.78 is 39.8. The van der Waals surface area contributed by atoms with Gasteiger partial charge in [0, 0.05) is 9.52 Å². The number of rotatable bonds is 5. The Morgan fingerprint density at radius 1 is 0.962 bits per heavy atom. The van der Waals surface area contributed by atoms with Gasteiger partial charge in [0.25, 0.3) is 0 Å². The minimum absolute atomic E-state index is 0.165. The molecule has 2 fully saturated rings. The van der Waals surface area contributed by atoms with E-state index in [1.54, 1.807) is 0 Å². The van der Waals surface area contributed by atoms with E-state index in [-0.39, 0.29) is 9.52 Å². The molecule has 4 heteroatoms. The van der Waals surface area contributed by atoms with Gasteiger partial charge in [0.05, 0.1) is 0 Å². The monoisotopic (exact) mass is 382 g/mol. The van der Waals surface area contributed by atoms with Gasteiger partial charge in [0.2, 0.25) is 0 Å². The van der Waals surface area contributed by atoms with Crippen LogP contribution in [-0.4, -0.2) is 9.52 Å². The molecule has 0 saturated heterocycles. The minimum atomic E-state index is -1.36. The zero-order valence-corrected chi connectivity index (χ0v) is 17.7. The second-order valence-corrected chi connectivity index (χ2v) is 11.1. The molecule has 2 aliphatic carbocycles. The topological polar surface area (TPSA) is 0 Å². The predicted octanol–water partition coefficient (Wildman–Crippen LogP) is 6.43. The van der Waals surface area contributed by atoms with Crippen LogP contribution in [0, 0.1) is 34.7 Å². The normalized spacial score (nSPS) is 33.0. The van der Waals surface area contributed by atoms with Gasteiger partial charge in [-0.25, -0.2) is 13.2 Å². The number of hydrogen-bond acceptors (Lipinski definition) is 0. The first-order valence-corrected chi connectivity index (χ1v) is 12.8. The summed E-state index contributed by atoms with van der Waals surface area (Å²) in [6.45, 7) is 4.98. The van der Waals surface area contributed by atoms with Crippen LogP contribution < -0.4 is 0 Å². The molecule has 0 N–H and O–H groups in total. The predicted molar refractivity (Wildman–Crippen MR) is 105 cm³/mol. The average molecular weight is 383 g/mol. The Labute approximate surface area is 158 Å². The van der Waals surface area contributed by atoms with Crippen molar-refractivity contribution in [3.8, 4) is 0 Å². The summed E-state index contributed by atoms with van der Waals surface area (Å²) >= 11 is 0. The van der Waals surface area contributed by atoms with Crippen LogP contribution in [0.1, 0.15) is 70.3 Å². The highest BCUT2D eigenvalue weighted by molar-refractivity contribution is 6.35. The molecule has 0 aliphatic heterocycles. The van der Waals surface area contributed by atoms with E-state index in [0.29, 0.717) is 23.3 Å². The fourth-order valence-electron chi connectivity index (χ4n) is 5.42. The highest BCUT2D eigenvalue weighted by Crippen LogP contribution is 2.51. The summed E-state index contributed by atoms with van der Waals surface area (Å²) in [5, 5.41) is 0. The second-order valence-electron chi connectivity index (χ2n) is 9.14. The fourth-order valence-corrected chi connectivity index (χ4v) is 6.65. The van der Waals surface area contributed by atoms with Gasteiger partial charge in [-0.3, -0.25) is 0 Å². The Morgan fingerprint density at radius 3 is 2.08 bits per heavy atom.